The molecule has 0 N–H and O–H groups in total. The monoisotopic (exact) mass is 196 g/mol. The second-order valence-electron chi connectivity index (χ2n) is 2.53. The van der Waals surface area contributed by atoms with Gasteiger partial charge in [-0.05, 0) is 0 Å². The average Bonchev–Trinajstić information content (AvgIpc) is 2.12. The van der Waals surface area contributed by atoms with Crippen LogP contribution in [-0.4, -0.2) is 19.5 Å². The SMILES string of the molecule is Cn1cnc2ncc(Cl)nc2c1=O. The number of fused-ring (bicyclic) bond motifs is 1. The van der Waals surface area contributed by atoms with Crippen LogP contribution >= 0.6 is 11.6 Å². The van der Waals surface area contributed by atoms with E-state index in [1.807, 2.05) is 0 Å². The van der Waals surface area contributed by atoms with E-state index in [1.54, 1.807) is 7.05 Å². The molecule has 66 valence electrons. The molecule has 0 aliphatic rings. The molecule has 6 heteroatoms. The number of hydrogen-bond acceptors (Lipinski definition) is 4. The van der Waals surface area contributed by atoms with Crippen LogP contribution in [0.2, 0.25) is 5.15 Å². The van der Waals surface area contributed by atoms with Crippen molar-refractivity contribution in [1.82, 2.24) is 19.5 Å². The fourth-order valence-corrected chi connectivity index (χ4v) is 1.09. The van der Waals surface area contributed by atoms with Gasteiger partial charge in [-0.3, -0.25) is 4.79 Å². The minimum absolute atomic E-state index is 0.192. The third-order valence-corrected chi connectivity index (χ3v) is 1.78. The van der Waals surface area contributed by atoms with Crippen LogP contribution < -0.4 is 5.56 Å². The smallest absolute Gasteiger partial charge is 0.281 e. The summed E-state index contributed by atoms with van der Waals surface area (Å²) < 4.78 is 1.33. The zero-order valence-electron chi connectivity index (χ0n) is 6.73. The molecule has 2 heterocycles. The Morgan fingerprint density at radius 1 is 1.46 bits per heavy atom. The predicted molar refractivity (Wildman–Crippen MR) is 47.6 cm³/mol. The van der Waals surface area contributed by atoms with Gasteiger partial charge in [0, 0.05) is 7.05 Å². The van der Waals surface area contributed by atoms with Gasteiger partial charge in [-0.25, -0.2) is 15.0 Å². The van der Waals surface area contributed by atoms with E-state index in [4.69, 9.17) is 11.6 Å². The lowest BCUT2D eigenvalue weighted by Crippen LogP contribution is -2.18. The first-order valence-corrected chi connectivity index (χ1v) is 3.90. The van der Waals surface area contributed by atoms with Crippen LogP contribution in [0.5, 0.6) is 0 Å². The fourth-order valence-electron chi connectivity index (χ4n) is 0.960. The Balaban J connectivity index is 2.97. The largest absolute Gasteiger partial charge is 0.300 e. The second-order valence-corrected chi connectivity index (χ2v) is 2.91. The second kappa shape index (κ2) is 2.77. The normalized spacial score (nSPS) is 10.6. The van der Waals surface area contributed by atoms with Crippen molar-refractivity contribution in [1.29, 1.82) is 0 Å². The molecule has 0 radical (unpaired) electrons. The van der Waals surface area contributed by atoms with E-state index in [2.05, 4.69) is 15.0 Å². The topological polar surface area (TPSA) is 60.7 Å². The van der Waals surface area contributed by atoms with Gasteiger partial charge in [-0.2, -0.15) is 0 Å². The number of aryl methyl sites for hydroxylation is 1. The summed E-state index contributed by atoms with van der Waals surface area (Å²) in [6, 6.07) is 0. The Hall–Kier alpha value is -1.49. The standard InChI is InChI=1S/C7H5ClN4O/c1-12-3-10-6-5(7(12)13)11-4(8)2-9-6/h2-3H,1H3. The highest BCUT2D eigenvalue weighted by atomic mass is 35.5. The Labute approximate surface area is 78.0 Å². The van der Waals surface area contributed by atoms with Crippen LogP contribution in [0, 0.1) is 0 Å². The third-order valence-electron chi connectivity index (χ3n) is 1.60. The summed E-state index contributed by atoms with van der Waals surface area (Å²) in [5, 5.41) is 0.192. The van der Waals surface area contributed by atoms with Crippen molar-refractivity contribution in [3.05, 3.63) is 28.0 Å². The average molecular weight is 197 g/mol. The van der Waals surface area contributed by atoms with E-state index in [0.29, 0.717) is 5.65 Å². The molecular formula is C7H5ClN4O. The maximum Gasteiger partial charge on any atom is 0.281 e. The molecule has 0 bridgehead atoms. The molecule has 0 saturated carbocycles. The summed E-state index contributed by atoms with van der Waals surface area (Å²) in [5.41, 5.74) is 0.255. The summed E-state index contributed by atoms with van der Waals surface area (Å²) in [6.07, 6.45) is 2.75. The molecule has 0 unspecified atom stereocenters. The van der Waals surface area contributed by atoms with E-state index in [-0.39, 0.29) is 16.2 Å². The molecular weight excluding hydrogens is 192 g/mol. The molecule has 0 atom stereocenters. The fraction of sp³-hybridized carbons (Fsp3) is 0.143. The van der Waals surface area contributed by atoms with Gasteiger partial charge in [0.15, 0.2) is 11.2 Å². The molecule has 0 spiro atoms. The maximum atomic E-state index is 11.4. The number of halogens is 1. The van der Waals surface area contributed by atoms with Crippen molar-refractivity contribution in [3.8, 4) is 0 Å². The van der Waals surface area contributed by atoms with Gasteiger partial charge in [-0.1, -0.05) is 11.6 Å². The van der Waals surface area contributed by atoms with Gasteiger partial charge in [0.05, 0.1) is 12.5 Å². The van der Waals surface area contributed by atoms with Gasteiger partial charge >= 0.3 is 0 Å². The zero-order valence-corrected chi connectivity index (χ0v) is 7.49. The van der Waals surface area contributed by atoms with Crippen LogP contribution in [0.1, 0.15) is 0 Å². The molecule has 2 rings (SSSR count). The lowest BCUT2D eigenvalue weighted by Gasteiger charge is -1.97. The Bertz CT molecular complexity index is 516. The summed E-state index contributed by atoms with van der Waals surface area (Å²) >= 11 is 5.59. The maximum absolute atomic E-state index is 11.4. The van der Waals surface area contributed by atoms with Crippen molar-refractivity contribution >= 4 is 22.8 Å². The molecule has 2 aromatic heterocycles. The van der Waals surface area contributed by atoms with E-state index in [1.165, 1.54) is 17.1 Å². The number of aromatic nitrogens is 4. The van der Waals surface area contributed by atoms with Crippen LogP contribution in [0.15, 0.2) is 17.3 Å². The van der Waals surface area contributed by atoms with Crippen molar-refractivity contribution in [3.63, 3.8) is 0 Å². The van der Waals surface area contributed by atoms with E-state index >= 15 is 0 Å². The molecule has 0 fully saturated rings. The van der Waals surface area contributed by atoms with Gasteiger partial charge < -0.3 is 4.57 Å². The summed E-state index contributed by atoms with van der Waals surface area (Å²) in [6.45, 7) is 0. The minimum Gasteiger partial charge on any atom is -0.300 e. The van der Waals surface area contributed by atoms with Crippen LogP contribution in [0.4, 0.5) is 0 Å². The van der Waals surface area contributed by atoms with Gasteiger partial charge in [0.2, 0.25) is 0 Å². The zero-order chi connectivity index (χ0) is 9.42. The van der Waals surface area contributed by atoms with Gasteiger partial charge in [0.25, 0.3) is 5.56 Å². The summed E-state index contributed by atoms with van der Waals surface area (Å²) in [7, 11) is 1.59. The Morgan fingerprint density at radius 3 is 3.00 bits per heavy atom. The predicted octanol–water partition coefficient (Wildman–Crippen LogP) is 0.377. The van der Waals surface area contributed by atoms with Gasteiger partial charge in [-0.15, -0.1) is 0 Å². The number of rotatable bonds is 0. The van der Waals surface area contributed by atoms with Crippen molar-refractivity contribution < 1.29 is 0 Å². The van der Waals surface area contributed by atoms with Crippen molar-refractivity contribution in [2.45, 2.75) is 0 Å². The number of hydrogen-bond donors (Lipinski definition) is 0. The molecule has 0 aliphatic carbocycles. The van der Waals surface area contributed by atoms with Crippen LogP contribution in [-0.2, 0) is 7.05 Å². The molecule has 0 saturated heterocycles. The highest BCUT2D eigenvalue weighted by molar-refractivity contribution is 6.29. The first kappa shape index (κ1) is 8.12. The molecule has 0 aromatic carbocycles. The molecule has 13 heavy (non-hydrogen) atoms. The van der Waals surface area contributed by atoms with E-state index in [0.717, 1.165) is 0 Å². The Morgan fingerprint density at radius 2 is 2.23 bits per heavy atom. The summed E-state index contributed by atoms with van der Waals surface area (Å²) in [4.78, 5) is 23.1. The third kappa shape index (κ3) is 1.27. The first-order valence-electron chi connectivity index (χ1n) is 3.52. The van der Waals surface area contributed by atoms with Crippen LogP contribution in [0.3, 0.4) is 0 Å². The highest BCUT2D eigenvalue weighted by Crippen LogP contribution is 2.05. The highest BCUT2D eigenvalue weighted by Gasteiger charge is 2.04. The van der Waals surface area contributed by atoms with E-state index in [9.17, 15) is 4.79 Å². The number of nitrogens with zero attached hydrogens (tertiary/aromatic N) is 4. The quantitative estimate of drug-likeness (QED) is 0.611. The lowest BCUT2D eigenvalue weighted by atomic mass is 10.5. The lowest BCUT2D eigenvalue weighted by molar-refractivity contribution is 0.834. The molecule has 0 aliphatic heterocycles. The molecule has 5 nitrogen and oxygen atoms in total. The van der Waals surface area contributed by atoms with Crippen LogP contribution in [0.25, 0.3) is 11.2 Å². The first-order chi connectivity index (χ1) is 6.18. The molecule has 0 amide bonds. The minimum atomic E-state index is -0.250. The Kier molecular flexibility index (Phi) is 1.73. The van der Waals surface area contributed by atoms with Crippen molar-refractivity contribution in [2.24, 2.45) is 7.05 Å². The van der Waals surface area contributed by atoms with E-state index < -0.39 is 0 Å². The van der Waals surface area contributed by atoms with Crippen molar-refractivity contribution in [2.75, 3.05) is 0 Å². The molecule has 2 aromatic rings. The summed E-state index contributed by atoms with van der Waals surface area (Å²) in [5.74, 6) is 0. The van der Waals surface area contributed by atoms with Gasteiger partial charge in [0.1, 0.15) is 5.15 Å².